The highest BCUT2D eigenvalue weighted by atomic mass is 79.9. The van der Waals surface area contributed by atoms with E-state index in [9.17, 15) is 0 Å². The van der Waals surface area contributed by atoms with Crippen molar-refractivity contribution in [2.45, 2.75) is 18.2 Å². The normalized spacial score (nSPS) is 23.1. The van der Waals surface area contributed by atoms with Crippen LogP contribution in [0.1, 0.15) is 12.2 Å². The van der Waals surface area contributed by atoms with E-state index < -0.39 is 0 Å². The molecule has 1 atom stereocenters. The summed E-state index contributed by atoms with van der Waals surface area (Å²) >= 11 is 5.23. The highest BCUT2D eigenvalue weighted by molar-refractivity contribution is 9.10. The Bertz CT molecular complexity index is 305. The molecule has 1 unspecified atom stereocenters. The van der Waals surface area contributed by atoms with Crippen molar-refractivity contribution < 1.29 is 4.52 Å². The van der Waals surface area contributed by atoms with Crippen LogP contribution in [0.5, 0.6) is 0 Å². The lowest BCUT2D eigenvalue weighted by Crippen LogP contribution is -2.20. The molecule has 5 heteroatoms. The molecule has 0 N–H and O–H groups in total. The topological polar surface area (TPSA) is 29.3 Å². The molecule has 1 aromatic heterocycles. The first kappa shape index (κ1) is 10.5. The van der Waals surface area contributed by atoms with Gasteiger partial charge in [-0.25, -0.2) is 0 Å². The number of aromatic nitrogens is 1. The largest absolute Gasteiger partial charge is 0.359 e. The molecular weight excluding hydrogens is 264 g/mol. The number of thioether (sulfide) groups is 1. The third kappa shape index (κ3) is 2.52. The summed E-state index contributed by atoms with van der Waals surface area (Å²) < 4.78 is 5.94. The molecule has 0 saturated carbocycles. The first-order valence-corrected chi connectivity index (χ1v) is 6.72. The van der Waals surface area contributed by atoms with Crippen molar-refractivity contribution in [1.29, 1.82) is 0 Å². The van der Waals surface area contributed by atoms with Crippen LogP contribution in [0.2, 0.25) is 0 Å². The molecule has 0 bridgehead atoms. The Morgan fingerprint density at radius 2 is 2.64 bits per heavy atom. The van der Waals surface area contributed by atoms with Crippen molar-refractivity contribution in [2.24, 2.45) is 0 Å². The Labute approximate surface area is 96.3 Å². The average molecular weight is 277 g/mol. The van der Waals surface area contributed by atoms with Crippen molar-refractivity contribution in [3.8, 4) is 0 Å². The summed E-state index contributed by atoms with van der Waals surface area (Å²) in [6, 6.07) is 1.94. The zero-order valence-electron chi connectivity index (χ0n) is 8.07. The molecule has 1 aliphatic rings. The third-order valence-electron chi connectivity index (χ3n) is 2.47. The molecule has 0 aromatic carbocycles. The summed E-state index contributed by atoms with van der Waals surface area (Å²) in [7, 11) is 0. The second kappa shape index (κ2) is 4.68. The molecule has 3 nitrogen and oxygen atoms in total. The Balaban J connectivity index is 1.87. The van der Waals surface area contributed by atoms with Crippen LogP contribution in [0.4, 0.5) is 0 Å². The maximum Gasteiger partial charge on any atom is 0.151 e. The van der Waals surface area contributed by atoms with Crippen LogP contribution in [0.3, 0.4) is 0 Å². The van der Waals surface area contributed by atoms with Crippen LogP contribution in [-0.4, -0.2) is 34.7 Å². The van der Waals surface area contributed by atoms with E-state index in [1.807, 2.05) is 17.8 Å². The number of hydrogen-bond donors (Lipinski definition) is 0. The van der Waals surface area contributed by atoms with Crippen molar-refractivity contribution in [2.75, 3.05) is 19.3 Å². The van der Waals surface area contributed by atoms with E-state index >= 15 is 0 Å². The number of likely N-dealkylation sites (tertiary alicyclic amines) is 1. The van der Waals surface area contributed by atoms with Gasteiger partial charge in [-0.3, -0.25) is 4.90 Å². The van der Waals surface area contributed by atoms with Gasteiger partial charge in [0.15, 0.2) is 5.76 Å². The first-order chi connectivity index (χ1) is 6.78. The fraction of sp³-hybridized carbons (Fsp3) is 0.667. The van der Waals surface area contributed by atoms with Gasteiger partial charge in [0.1, 0.15) is 4.60 Å². The van der Waals surface area contributed by atoms with Gasteiger partial charge in [-0.05, 0) is 35.2 Å². The lowest BCUT2D eigenvalue weighted by atomic mass is 10.4. The molecule has 2 rings (SSSR count). The second-order valence-corrected chi connectivity index (χ2v) is 5.45. The predicted octanol–water partition coefficient (Wildman–Crippen LogP) is 2.37. The highest BCUT2D eigenvalue weighted by Gasteiger charge is 2.22. The minimum atomic E-state index is 0.785. The third-order valence-corrected chi connectivity index (χ3v) is 3.90. The molecule has 1 fully saturated rings. The van der Waals surface area contributed by atoms with E-state index in [1.54, 1.807) is 0 Å². The van der Waals surface area contributed by atoms with Gasteiger partial charge in [-0.2, -0.15) is 11.8 Å². The summed E-state index contributed by atoms with van der Waals surface area (Å²) in [5, 5.41) is 4.60. The van der Waals surface area contributed by atoms with Crippen molar-refractivity contribution in [3.63, 3.8) is 0 Å². The van der Waals surface area contributed by atoms with Crippen molar-refractivity contribution in [1.82, 2.24) is 10.1 Å². The van der Waals surface area contributed by atoms with Crippen LogP contribution in [0.15, 0.2) is 15.2 Å². The molecule has 14 heavy (non-hydrogen) atoms. The number of nitrogens with zero attached hydrogens (tertiary/aromatic N) is 2. The fourth-order valence-corrected chi connectivity index (χ4v) is 2.74. The quantitative estimate of drug-likeness (QED) is 0.848. The molecule has 1 aliphatic heterocycles. The summed E-state index contributed by atoms with van der Waals surface area (Å²) in [4.78, 5) is 2.41. The Morgan fingerprint density at radius 1 is 1.79 bits per heavy atom. The molecule has 1 aromatic rings. The Kier molecular flexibility index (Phi) is 3.52. The lowest BCUT2D eigenvalue weighted by Gasteiger charge is -2.12. The number of rotatable bonds is 3. The van der Waals surface area contributed by atoms with E-state index in [0.29, 0.717) is 0 Å². The molecule has 0 amide bonds. The van der Waals surface area contributed by atoms with Crippen molar-refractivity contribution >= 4 is 27.7 Å². The molecule has 78 valence electrons. The average Bonchev–Trinajstić information content (AvgIpc) is 2.76. The zero-order chi connectivity index (χ0) is 9.97. The van der Waals surface area contributed by atoms with Gasteiger partial charge in [-0.15, -0.1) is 0 Å². The SMILES string of the molecule is CSC1CCN(Cc2cc(Br)no2)C1. The maximum absolute atomic E-state index is 5.15. The maximum atomic E-state index is 5.15. The summed E-state index contributed by atoms with van der Waals surface area (Å²) in [6.07, 6.45) is 3.47. The summed E-state index contributed by atoms with van der Waals surface area (Å²) in [5.74, 6) is 0.943. The zero-order valence-corrected chi connectivity index (χ0v) is 10.5. The molecule has 1 saturated heterocycles. The van der Waals surface area contributed by atoms with Crippen LogP contribution in [0.25, 0.3) is 0 Å². The monoisotopic (exact) mass is 276 g/mol. The van der Waals surface area contributed by atoms with Crippen LogP contribution in [-0.2, 0) is 6.54 Å². The number of hydrogen-bond acceptors (Lipinski definition) is 4. The van der Waals surface area contributed by atoms with Crippen LogP contribution < -0.4 is 0 Å². The van der Waals surface area contributed by atoms with Crippen LogP contribution in [0, 0.1) is 0 Å². The second-order valence-electron chi connectivity index (χ2n) is 3.50. The minimum Gasteiger partial charge on any atom is -0.359 e. The molecule has 2 heterocycles. The van der Waals surface area contributed by atoms with Gasteiger partial charge in [-0.1, -0.05) is 5.16 Å². The highest BCUT2D eigenvalue weighted by Crippen LogP contribution is 2.22. The predicted molar refractivity (Wildman–Crippen MR) is 61.4 cm³/mol. The van der Waals surface area contributed by atoms with Gasteiger partial charge in [0, 0.05) is 17.9 Å². The molecule has 0 aliphatic carbocycles. The van der Waals surface area contributed by atoms with E-state index in [0.717, 1.165) is 22.2 Å². The van der Waals surface area contributed by atoms with E-state index in [-0.39, 0.29) is 0 Å². The van der Waals surface area contributed by atoms with Gasteiger partial charge in [0.25, 0.3) is 0 Å². The Morgan fingerprint density at radius 3 is 3.21 bits per heavy atom. The smallest absolute Gasteiger partial charge is 0.151 e. The lowest BCUT2D eigenvalue weighted by molar-refractivity contribution is 0.274. The standard InChI is InChI=1S/C9H13BrN2OS/c1-14-8-2-3-12(6-8)5-7-4-9(10)11-13-7/h4,8H,2-3,5-6H2,1H3. The Hall–Kier alpha value is -0.0000000000000000555. The first-order valence-electron chi connectivity index (χ1n) is 4.64. The molecular formula is C9H13BrN2OS. The van der Waals surface area contributed by atoms with Gasteiger partial charge >= 0.3 is 0 Å². The van der Waals surface area contributed by atoms with E-state index in [2.05, 4.69) is 32.2 Å². The molecule has 0 radical (unpaired) electrons. The summed E-state index contributed by atoms with van der Waals surface area (Å²) in [5.41, 5.74) is 0. The molecule has 0 spiro atoms. The van der Waals surface area contributed by atoms with Gasteiger partial charge < -0.3 is 4.52 Å². The van der Waals surface area contributed by atoms with Gasteiger partial charge in [0.05, 0.1) is 6.54 Å². The fourth-order valence-electron chi connectivity index (χ4n) is 1.72. The van der Waals surface area contributed by atoms with E-state index in [4.69, 9.17) is 4.52 Å². The minimum absolute atomic E-state index is 0.785. The summed E-state index contributed by atoms with van der Waals surface area (Å²) in [6.45, 7) is 3.22. The van der Waals surface area contributed by atoms with E-state index in [1.165, 1.54) is 19.5 Å². The number of halogens is 1. The van der Waals surface area contributed by atoms with Gasteiger partial charge in [0.2, 0.25) is 0 Å². The van der Waals surface area contributed by atoms with Crippen LogP contribution >= 0.6 is 27.7 Å². The van der Waals surface area contributed by atoms with Crippen molar-refractivity contribution in [3.05, 3.63) is 16.4 Å².